The summed E-state index contributed by atoms with van der Waals surface area (Å²) in [4.78, 5) is 70.6. The van der Waals surface area contributed by atoms with Crippen LogP contribution < -0.4 is 10.6 Å². The predicted octanol–water partition coefficient (Wildman–Crippen LogP) is 4.44. The number of ether oxygens (including phenoxy) is 2. The minimum Gasteiger partial charge on any atom is -0.772 e. The highest BCUT2D eigenvalue weighted by Crippen LogP contribution is 2.37. The molecule has 0 bridgehead atoms. The van der Waals surface area contributed by atoms with E-state index in [9.17, 15) is 32.1 Å². The second-order valence-corrected chi connectivity index (χ2v) is 18.6. The van der Waals surface area contributed by atoms with Crippen LogP contribution >= 0.6 is 0 Å². The van der Waals surface area contributed by atoms with Crippen LogP contribution in [0.15, 0.2) is 60.9 Å². The number of hydrogen-bond donors (Lipinski definition) is 4. The van der Waals surface area contributed by atoms with E-state index < -0.39 is 69.4 Å². The third-order valence-corrected chi connectivity index (χ3v) is 13.3. The third-order valence-electron chi connectivity index (χ3n) is 11.2. The van der Waals surface area contributed by atoms with Gasteiger partial charge in [0.2, 0.25) is 11.8 Å². The lowest BCUT2D eigenvalue weighted by Crippen LogP contribution is -2.51. The Kier molecular flexibility index (Phi) is 13.9. The van der Waals surface area contributed by atoms with Gasteiger partial charge in [0.05, 0.1) is 55.3 Å². The van der Waals surface area contributed by atoms with Crippen LogP contribution in [0.4, 0.5) is 9.59 Å². The molecule has 2 unspecified atom stereocenters. The molecule has 322 valence electrons. The smallest absolute Gasteiger partial charge is 0.407 e. The van der Waals surface area contributed by atoms with Crippen molar-refractivity contribution in [3.05, 3.63) is 72.6 Å². The van der Waals surface area contributed by atoms with Gasteiger partial charge in [-0.25, -0.2) is 19.6 Å². The minimum atomic E-state index is -2.42. The van der Waals surface area contributed by atoms with Gasteiger partial charge in [-0.3, -0.25) is 18.0 Å². The standard InChI is InChI=1S/C41H52N8O9S2/c1-22(2)34(46-40(52)57-5)38(50)48-20-28(59(7)54)16-32(48)36-42-18-30(44-36)26-12-8-24(9-13-26)25-10-14-27(15-11-25)31-19-43-37(45-31)33-17-29(60(55)56)21-49(33)39(51)35(23(3)4)47-41(53)58-6/h8-15,18-19,22-23,28-29,32-35H,16-17,20-21H2,1-7H3,(H,42,44)(H,43,45)(H,46,52)(H,47,53)(H,55,56)/p-1/t28-,29-,32-,33-,34-,35-,59?/m0/s1. The highest BCUT2D eigenvalue weighted by atomic mass is 32.2. The van der Waals surface area contributed by atoms with Gasteiger partial charge in [0, 0.05) is 35.4 Å². The number of imidazole rings is 2. The Morgan fingerprint density at radius 1 is 0.683 bits per heavy atom. The summed E-state index contributed by atoms with van der Waals surface area (Å²) in [5.74, 6) is -0.203. The molecule has 2 saturated heterocycles. The summed E-state index contributed by atoms with van der Waals surface area (Å²) in [6.07, 6.45) is 4.15. The van der Waals surface area contributed by atoms with Crippen LogP contribution in [0.2, 0.25) is 0 Å². The molecule has 4 amide bonds. The normalized spacial score (nSPS) is 21.1. The van der Waals surface area contributed by atoms with Crippen LogP contribution in [0.25, 0.3) is 33.6 Å². The molecule has 2 aliphatic rings. The second-order valence-electron chi connectivity index (χ2n) is 15.7. The zero-order chi connectivity index (χ0) is 43.4. The molecule has 4 aromatic rings. The number of nitrogens with one attached hydrogen (secondary N) is 4. The van der Waals surface area contributed by atoms with E-state index in [1.165, 1.54) is 19.1 Å². The molecular weight excluding hydrogens is 813 g/mol. The van der Waals surface area contributed by atoms with E-state index in [1.807, 2.05) is 62.4 Å². The van der Waals surface area contributed by atoms with E-state index in [1.54, 1.807) is 37.4 Å². The van der Waals surface area contributed by atoms with Crippen LogP contribution in [-0.4, -0.2) is 123 Å². The summed E-state index contributed by atoms with van der Waals surface area (Å²) in [6.45, 7) is 7.48. The molecule has 0 aliphatic carbocycles. The Hall–Kier alpha value is -5.40. The van der Waals surface area contributed by atoms with Crippen LogP contribution in [-0.2, 0) is 40.9 Å². The van der Waals surface area contributed by atoms with Crippen molar-refractivity contribution in [2.24, 2.45) is 11.8 Å². The monoisotopic (exact) mass is 863 g/mol. The number of carbonyl (C=O) groups excluding carboxylic acids is 4. The molecule has 60 heavy (non-hydrogen) atoms. The molecular formula is C41H51N8O9S2-. The predicted molar refractivity (Wildman–Crippen MR) is 224 cm³/mol. The number of amides is 4. The van der Waals surface area contributed by atoms with Gasteiger partial charge in [-0.05, 0) is 46.9 Å². The number of benzene rings is 2. The molecule has 0 spiro atoms. The van der Waals surface area contributed by atoms with E-state index in [0.717, 1.165) is 27.9 Å². The maximum absolute atomic E-state index is 13.8. The third kappa shape index (κ3) is 9.63. The highest BCUT2D eigenvalue weighted by molar-refractivity contribution is 7.84. The molecule has 8 atom stereocenters. The number of methoxy groups -OCH3 is 2. The Morgan fingerprint density at radius 2 is 1.05 bits per heavy atom. The zero-order valence-corrected chi connectivity index (χ0v) is 36.1. The molecule has 2 fully saturated rings. The lowest BCUT2D eigenvalue weighted by Gasteiger charge is -2.30. The quantitative estimate of drug-likeness (QED) is 0.137. The maximum atomic E-state index is 13.8. The topological polar surface area (TPSA) is 232 Å². The Bertz CT molecular complexity index is 2070. The molecule has 17 nitrogen and oxygen atoms in total. The molecule has 0 saturated carbocycles. The first-order valence-corrected chi connectivity index (χ1v) is 22.4. The number of aromatic nitrogens is 4. The van der Waals surface area contributed by atoms with Gasteiger partial charge in [0.25, 0.3) is 0 Å². The average Bonchev–Trinajstić information content (AvgIpc) is 4.07. The van der Waals surface area contributed by atoms with Crippen LogP contribution in [0.1, 0.15) is 64.3 Å². The number of alkyl carbamates (subject to hydrolysis) is 2. The number of aromatic amines is 2. The number of nitrogens with zero attached hydrogens (tertiary/aromatic N) is 4. The molecule has 4 heterocycles. The van der Waals surface area contributed by atoms with Gasteiger partial charge in [-0.1, -0.05) is 87.3 Å². The lowest BCUT2D eigenvalue weighted by molar-refractivity contribution is -0.136. The van der Waals surface area contributed by atoms with Crippen molar-refractivity contribution in [1.82, 2.24) is 40.4 Å². The molecule has 0 radical (unpaired) electrons. The SMILES string of the molecule is COC(=O)N[C@H](C(=O)N1C[C@@H](S(C)=O)C[C@H]1c1ncc(-c2ccc(-c3ccc(-c4cnc([C@@H]5C[C@H](S(=O)[O-])CN5C(=O)[C@@H](NC(=O)OC)C(C)C)[nH]4)cc3)cc2)[nH]1)C(C)C. The fourth-order valence-corrected chi connectivity index (χ4v) is 9.17. The van der Waals surface area contributed by atoms with Crippen molar-refractivity contribution in [3.63, 3.8) is 0 Å². The second kappa shape index (κ2) is 18.9. The van der Waals surface area contributed by atoms with Gasteiger partial charge < -0.3 is 44.4 Å². The molecule has 2 aromatic heterocycles. The van der Waals surface area contributed by atoms with E-state index in [4.69, 9.17) is 9.47 Å². The highest BCUT2D eigenvalue weighted by Gasteiger charge is 2.44. The average molecular weight is 864 g/mol. The van der Waals surface area contributed by atoms with Crippen LogP contribution in [0.5, 0.6) is 0 Å². The first kappa shape index (κ1) is 44.2. The summed E-state index contributed by atoms with van der Waals surface area (Å²) >= 11 is -2.42. The van der Waals surface area contributed by atoms with Crippen LogP contribution in [0, 0.1) is 11.8 Å². The van der Waals surface area contributed by atoms with Crippen LogP contribution in [0.3, 0.4) is 0 Å². The Morgan fingerprint density at radius 3 is 1.40 bits per heavy atom. The fraction of sp³-hybridized carbons (Fsp3) is 0.463. The van der Waals surface area contributed by atoms with Crippen molar-refractivity contribution < 1.29 is 41.6 Å². The molecule has 2 aliphatic heterocycles. The van der Waals surface area contributed by atoms with Gasteiger partial charge in [0.15, 0.2) is 0 Å². The lowest BCUT2D eigenvalue weighted by atomic mass is 10.0. The number of likely N-dealkylation sites (tertiary alicyclic amines) is 2. The van der Waals surface area contributed by atoms with Crippen molar-refractivity contribution >= 4 is 45.9 Å². The summed E-state index contributed by atoms with van der Waals surface area (Å²) in [5.41, 5.74) is 5.07. The van der Waals surface area contributed by atoms with Gasteiger partial charge in [-0.2, -0.15) is 0 Å². The van der Waals surface area contributed by atoms with Gasteiger partial charge in [0.1, 0.15) is 23.7 Å². The van der Waals surface area contributed by atoms with Crippen molar-refractivity contribution in [2.75, 3.05) is 33.6 Å². The minimum absolute atomic E-state index is 0.0318. The summed E-state index contributed by atoms with van der Waals surface area (Å²) in [7, 11) is 1.27. The molecule has 2 aromatic carbocycles. The van der Waals surface area contributed by atoms with E-state index in [0.29, 0.717) is 23.8 Å². The number of carbonyl (C=O) groups is 4. The molecule has 6 rings (SSSR count). The summed E-state index contributed by atoms with van der Waals surface area (Å²) in [6, 6.07) is 12.9. The molecule has 19 heteroatoms. The first-order valence-electron chi connectivity index (χ1n) is 19.6. The van der Waals surface area contributed by atoms with Gasteiger partial charge >= 0.3 is 12.2 Å². The Labute approximate surface area is 353 Å². The maximum Gasteiger partial charge on any atom is 0.407 e. The molecule has 4 N–H and O–H groups in total. The Balaban J connectivity index is 1.16. The number of rotatable bonds is 13. The summed E-state index contributed by atoms with van der Waals surface area (Å²) < 4.78 is 46.1. The van der Waals surface area contributed by atoms with Crippen molar-refractivity contribution in [2.45, 2.75) is 75.2 Å². The number of H-pyrrole nitrogens is 2. The van der Waals surface area contributed by atoms with E-state index >= 15 is 0 Å². The van der Waals surface area contributed by atoms with Gasteiger partial charge in [-0.15, -0.1) is 0 Å². The van der Waals surface area contributed by atoms with E-state index in [2.05, 4.69) is 30.6 Å². The zero-order valence-electron chi connectivity index (χ0n) is 34.5. The van der Waals surface area contributed by atoms with Crippen molar-refractivity contribution in [1.29, 1.82) is 0 Å². The van der Waals surface area contributed by atoms with E-state index in [-0.39, 0.29) is 42.5 Å². The number of hydrogen-bond acceptors (Lipinski definition) is 11. The largest absolute Gasteiger partial charge is 0.772 e. The summed E-state index contributed by atoms with van der Waals surface area (Å²) in [5, 5.41) is 4.18. The van der Waals surface area contributed by atoms with Crippen molar-refractivity contribution in [3.8, 4) is 33.6 Å². The fourth-order valence-electron chi connectivity index (χ4n) is 7.73. The first-order chi connectivity index (χ1) is 28.6.